The summed E-state index contributed by atoms with van der Waals surface area (Å²) in [6, 6.07) is 14.4. The highest BCUT2D eigenvalue weighted by Crippen LogP contribution is 2.57. The Balaban J connectivity index is 1.10. The third kappa shape index (κ3) is 3.96. The fourth-order valence-corrected chi connectivity index (χ4v) is 6.61. The number of aromatic amines is 1. The molecule has 6 nitrogen and oxygen atoms in total. The number of benzene rings is 2. The van der Waals surface area contributed by atoms with Crippen LogP contribution in [0.3, 0.4) is 0 Å². The molecule has 1 amide bonds. The van der Waals surface area contributed by atoms with Crippen LogP contribution in [0.15, 0.2) is 48.7 Å². The van der Waals surface area contributed by atoms with E-state index < -0.39 is 0 Å². The van der Waals surface area contributed by atoms with Crippen LogP contribution in [0.4, 0.5) is 0 Å². The predicted octanol–water partition coefficient (Wildman–Crippen LogP) is 5.67. The highest BCUT2D eigenvalue weighted by atomic mass is 16.5. The van der Waals surface area contributed by atoms with Gasteiger partial charge in [0.2, 0.25) is 5.91 Å². The van der Waals surface area contributed by atoms with Crippen molar-refractivity contribution in [3.05, 3.63) is 59.8 Å². The fourth-order valence-electron chi connectivity index (χ4n) is 6.61. The Bertz CT molecular complexity index is 1270. The normalized spacial score (nSPS) is 24.1. The maximum Gasteiger partial charge on any atom is 0.222 e. The number of H-pyrrole nitrogens is 1. The van der Waals surface area contributed by atoms with Crippen LogP contribution in [0.2, 0.25) is 0 Å². The highest BCUT2D eigenvalue weighted by Gasteiger charge is 2.53. The maximum atomic E-state index is 13.1. The number of hydrogen-bond acceptors (Lipinski definition) is 4. The molecule has 2 saturated heterocycles. The molecule has 3 aliphatic rings. The van der Waals surface area contributed by atoms with Crippen LogP contribution < -0.4 is 9.47 Å². The molecule has 190 valence electrons. The van der Waals surface area contributed by atoms with Gasteiger partial charge in [0.25, 0.3) is 0 Å². The molecule has 6 heteroatoms. The van der Waals surface area contributed by atoms with Crippen LogP contribution in [0.25, 0.3) is 10.9 Å². The van der Waals surface area contributed by atoms with Gasteiger partial charge in [-0.25, -0.2) is 0 Å². The first-order valence-electron chi connectivity index (χ1n) is 13.2. The molecule has 6 rings (SSSR count). The second-order valence-corrected chi connectivity index (χ2v) is 11.4. The minimum absolute atomic E-state index is 0.0142. The van der Waals surface area contributed by atoms with Gasteiger partial charge in [-0.1, -0.05) is 30.3 Å². The summed E-state index contributed by atoms with van der Waals surface area (Å²) in [5.41, 5.74) is 3.19. The Kier molecular flexibility index (Phi) is 5.75. The van der Waals surface area contributed by atoms with Gasteiger partial charge in [-0.15, -0.1) is 0 Å². The average molecular weight is 489 g/mol. The number of fused-ring (bicyclic) bond motifs is 4. The predicted molar refractivity (Wildman–Crippen MR) is 139 cm³/mol. The molecule has 1 aromatic heterocycles. The first-order valence-corrected chi connectivity index (χ1v) is 13.2. The standard InChI is InChI=1S/C30H36N2O4/c1-29(2)23-17-30(19-35-27(23)22-8-6-10-25(34-3)28(22)36-29)13-15-32(16-14-30)26(33)12-11-20-18-31-24-9-5-4-7-21(20)24/h4-10,18,23,27,31H,11-17,19H2,1-3H3/t23-,27+/m0/s1. The number of amides is 1. The zero-order valence-corrected chi connectivity index (χ0v) is 21.5. The van der Waals surface area contributed by atoms with Gasteiger partial charge in [-0.3, -0.25) is 4.79 Å². The third-order valence-electron chi connectivity index (χ3n) is 8.84. The van der Waals surface area contributed by atoms with Crippen molar-refractivity contribution in [2.24, 2.45) is 11.3 Å². The van der Waals surface area contributed by atoms with E-state index in [1.54, 1.807) is 7.11 Å². The number of nitrogens with one attached hydrogen (secondary N) is 1. The van der Waals surface area contributed by atoms with Gasteiger partial charge in [-0.05, 0) is 62.6 Å². The quantitative estimate of drug-likeness (QED) is 0.514. The molecule has 0 radical (unpaired) electrons. The second-order valence-electron chi connectivity index (χ2n) is 11.4. The van der Waals surface area contributed by atoms with E-state index in [9.17, 15) is 4.79 Å². The Morgan fingerprint density at radius 3 is 2.75 bits per heavy atom. The molecule has 2 aromatic carbocycles. The molecular formula is C30H36N2O4. The summed E-state index contributed by atoms with van der Waals surface area (Å²) in [4.78, 5) is 18.5. The Labute approximate surface area is 212 Å². The average Bonchev–Trinajstić information content (AvgIpc) is 3.30. The molecule has 2 atom stereocenters. The van der Waals surface area contributed by atoms with E-state index in [-0.39, 0.29) is 28.9 Å². The molecule has 36 heavy (non-hydrogen) atoms. The number of carbonyl (C=O) groups excluding carboxylic acids is 1. The minimum Gasteiger partial charge on any atom is -0.493 e. The fraction of sp³-hybridized carbons (Fsp3) is 0.500. The number of piperidine rings is 1. The van der Waals surface area contributed by atoms with E-state index in [2.05, 4.69) is 48.0 Å². The van der Waals surface area contributed by atoms with E-state index in [0.29, 0.717) is 6.42 Å². The summed E-state index contributed by atoms with van der Waals surface area (Å²) in [6.07, 6.45) is 6.40. The van der Waals surface area contributed by atoms with Crippen molar-refractivity contribution >= 4 is 16.8 Å². The number of aryl methyl sites for hydroxylation is 1. The van der Waals surface area contributed by atoms with E-state index in [1.165, 1.54) is 10.9 Å². The first kappa shape index (κ1) is 23.4. The third-order valence-corrected chi connectivity index (χ3v) is 8.84. The van der Waals surface area contributed by atoms with Crippen molar-refractivity contribution in [2.45, 2.75) is 57.7 Å². The van der Waals surface area contributed by atoms with Gasteiger partial charge >= 0.3 is 0 Å². The molecule has 1 N–H and O–H groups in total. The first-order chi connectivity index (χ1) is 17.4. The summed E-state index contributed by atoms with van der Waals surface area (Å²) in [5, 5.41) is 1.22. The Morgan fingerprint density at radius 1 is 1.14 bits per heavy atom. The summed E-state index contributed by atoms with van der Waals surface area (Å²) in [7, 11) is 1.68. The zero-order chi connectivity index (χ0) is 24.9. The van der Waals surface area contributed by atoms with E-state index in [4.69, 9.17) is 14.2 Å². The number of aromatic nitrogens is 1. The van der Waals surface area contributed by atoms with Crippen LogP contribution >= 0.6 is 0 Å². The number of hydrogen-bond donors (Lipinski definition) is 1. The van der Waals surface area contributed by atoms with E-state index in [0.717, 1.165) is 68.0 Å². The molecule has 3 aromatic rings. The van der Waals surface area contributed by atoms with E-state index in [1.807, 2.05) is 24.4 Å². The van der Waals surface area contributed by atoms with Crippen LogP contribution in [0, 0.1) is 11.3 Å². The molecule has 3 aliphatic heterocycles. The molecule has 0 unspecified atom stereocenters. The zero-order valence-electron chi connectivity index (χ0n) is 21.5. The van der Waals surface area contributed by atoms with Crippen LogP contribution in [0.5, 0.6) is 11.5 Å². The van der Waals surface area contributed by atoms with Crippen molar-refractivity contribution in [1.29, 1.82) is 0 Å². The molecule has 0 aliphatic carbocycles. The van der Waals surface area contributed by atoms with Crippen LogP contribution in [-0.2, 0) is 16.0 Å². The molecule has 0 saturated carbocycles. The van der Waals surface area contributed by atoms with Gasteiger partial charge in [0.15, 0.2) is 11.5 Å². The minimum atomic E-state index is -0.355. The van der Waals surface area contributed by atoms with Crippen molar-refractivity contribution in [3.8, 4) is 11.5 Å². The van der Waals surface area contributed by atoms with Crippen molar-refractivity contribution < 1.29 is 19.0 Å². The maximum absolute atomic E-state index is 13.1. The lowest BCUT2D eigenvalue weighted by atomic mass is 9.64. The van der Waals surface area contributed by atoms with Gasteiger partial charge in [0.05, 0.1) is 19.8 Å². The number of rotatable bonds is 4. The van der Waals surface area contributed by atoms with Crippen molar-refractivity contribution in [2.75, 3.05) is 26.8 Å². The molecular weight excluding hydrogens is 452 g/mol. The summed E-state index contributed by atoms with van der Waals surface area (Å²) in [6.45, 7) is 6.69. The monoisotopic (exact) mass is 488 g/mol. The van der Waals surface area contributed by atoms with Crippen molar-refractivity contribution in [3.63, 3.8) is 0 Å². The van der Waals surface area contributed by atoms with Gasteiger partial charge in [0.1, 0.15) is 5.60 Å². The number of para-hydroxylation sites is 2. The highest BCUT2D eigenvalue weighted by molar-refractivity contribution is 5.84. The molecule has 2 fully saturated rings. The Hall–Kier alpha value is -2.99. The summed E-state index contributed by atoms with van der Waals surface area (Å²) < 4.78 is 18.7. The summed E-state index contributed by atoms with van der Waals surface area (Å²) in [5.74, 6) is 2.10. The molecule has 4 heterocycles. The SMILES string of the molecule is COc1cccc2c1OC(C)(C)[C@H]1CC3(CCN(C(=O)CCc4c[nH]c5ccccc45)CC3)CO[C@H]21. The van der Waals surface area contributed by atoms with Crippen molar-refractivity contribution in [1.82, 2.24) is 9.88 Å². The number of likely N-dealkylation sites (tertiary alicyclic amines) is 1. The number of methoxy groups -OCH3 is 1. The lowest BCUT2D eigenvalue weighted by Gasteiger charge is -2.54. The Morgan fingerprint density at radius 2 is 1.94 bits per heavy atom. The smallest absolute Gasteiger partial charge is 0.222 e. The number of carbonyl (C=O) groups is 1. The number of ether oxygens (including phenoxy) is 3. The summed E-state index contributed by atoms with van der Waals surface area (Å²) >= 11 is 0. The van der Waals surface area contributed by atoms with Gasteiger partial charge < -0.3 is 24.1 Å². The van der Waals surface area contributed by atoms with Crippen LogP contribution in [0.1, 0.15) is 56.8 Å². The largest absolute Gasteiger partial charge is 0.493 e. The van der Waals surface area contributed by atoms with Gasteiger partial charge in [0, 0.05) is 48.1 Å². The van der Waals surface area contributed by atoms with E-state index >= 15 is 0 Å². The molecule has 0 bridgehead atoms. The lowest BCUT2D eigenvalue weighted by Crippen LogP contribution is -2.54. The van der Waals surface area contributed by atoms with Crippen LogP contribution in [-0.4, -0.2) is 48.2 Å². The number of nitrogens with zero attached hydrogens (tertiary/aromatic N) is 1. The lowest BCUT2D eigenvalue weighted by molar-refractivity contribution is -0.176. The molecule has 1 spiro atoms. The second kappa shape index (κ2) is 8.84. The van der Waals surface area contributed by atoms with Gasteiger partial charge in [-0.2, -0.15) is 0 Å². The topological polar surface area (TPSA) is 63.8 Å².